The van der Waals surface area contributed by atoms with Crippen LogP contribution in [-0.4, -0.2) is 66.3 Å². The highest BCUT2D eigenvalue weighted by Crippen LogP contribution is 2.41. The molecular weight excluding hydrogens is 534 g/mol. The molecule has 1 aromatic rings. The maximum absolute atomic E-state index is 14.1. The molecule has 1 spiro atoms. The van der Waals surface area contributed by atoms with E-state index in [2.05, 4.69) is 10.5 Å². The summed E-state index contributed by atoms with van der Waals surface area (Å²) in [6.07, 6.45) is 6.62. The molecule has 2 heterocycles. The van der Waals surface area contributed by atoms with E-state index >= 15 is 0 Å². The zero-order valence-corrected chi connectivity index (χ0v) is 25.0. The molecule has 3 aliphatic rings. The first-order chi connectivity index (χ1) is 19.0. The van der Waals surface area contributed by atoms with Gasteiger partial charge in [-0.1, -0.05) is 56.8 Å². The summed E-state index contributed by atoms with van der Waals surface area (Å²) in [6, 6.07) is 3.78. The molecule has 40 heavy (non-hydrogen) atoms. The molecular formula is C30H42ClN3O6. The van der Waals surface area contributed by atoms with Crippen LogP contribution in [0.3, 0.4) is 0 Å². The molecule has 220 valence electrons. The normalized spacial score (nSPS) is 23.9. The average molecular weight is 576 g/mol. The summed E-state index contributed by atoms with van der Waals surface area (Å²) < 4.78 is 10.6. The van der Waals surface area contributed by atoms with Crippen LogP contribution >= 0.6 is 11.6 Å². The Balaban J connectivity index is 1.51. The molecule has 0 unspecified atom stereocenters. The van der Waals surface area contributed by atoms with E-state index in [9.17, 15) is 14.4 Å². The number of nitrogens with zero attached hydrogens (tertiary/aromatic N) is 2. The zero-order chi connectivity index (χ0) is 29.1. The number of nitrogens with one attached hydrogen (secondary N) is 1. The van der Waals surface area contributed by atoms with Gasteiger partial charge in [0.2, 0.25) is 11.8 Å². The second kappa shape index (κ2) is 12.4. The van der Waals surface area contributed by atoms with Gasteiger partial charge in [0.1, 0.15) is 17.8 Å². The average Bonchev–Trinajstić information content (AvgIpc) is 3.51. The number of carbonyl (C=O) groups is 3. The van der Waals surface area contributed by atoms with Crippen LogP contribution in [0.25, 0.3) is 0 Å². The fourth-order valence-corrected chi connectivity index (χ4v) is 6.27. The second-order valence-electron chi connectivity index (χ2n) is 12.4. The van der Waals surface area contributed by atoms with Gasteiger partial charge in [-0.25, -0.2) is 4.79 Å². The quantitative estimate of drug-likeness (QED) is 0.443. The van der Waals surface area contributed by atoms with Crippen LogP contribution in [0.2, 0.25) is 5.02 Å². The Labute approximate surface area is 241 Å². The number of rotatable bonds is 8. The number of ether oxygens (including phenoxy) is 2. The minimum absolute atomic E-state index is 0.126. The highest BCUT2D eigenvalue weighted by Gasteiger charge is 2.55. The van der Waals surface area contributed by atoms with Gasteiger partial charge in [0.15, 0.2) is 5.60 Å². The molecule has 0 aromatic heterocycles. The van der Waals surface area contributed by atoms with Gasteiger partial charge in [0.05, 0.1) is 31.0 Å². The third kappa shape index (κ3) is 6.73. The van der Waals surface area contributed by atoms with Crippen LogP contribution in [0, 0.1) is 11.3 Å². The van der Waals surface area contributed by atoms with Gasteiger partial charge >= 0.3 is 5.97 Å². The summed E-state index contributed by atoms with van der Waals surface area (Å²) in [7, 11) is 1.31. The number of esters is 1. The first-order valence-corrected chi connectivity index (χ1v) is 14.7. The Bertz CT molecular complexity index is 1140. The van der Waals surface area contributed by atoms with E-state index in [0.29, 0.717) is 41.9 Å². The highest BCUT2D eigenvalue weighted by molar-refractivity contribution is 6.32. The minimum Gasteiger partial charge on any atom is -0.492 e. The summed E-state index contributed by atoms with van der Waals surface area (Å²) in [5.74, 6) is -0.0328. The lowest BCUT2D eigenvalue weighted by molar-refractivity contribution is -0.153. The number of hydrogen-bond donors (Lipinski definition) is 1. The Hall–Kier alpha value is -2.81. The van der Waals surface area contributed by atoms with Gasteiger partial charge in [0.25, 0.3) is 0 Å². The van der Waals surface area contributed by atoms with Crippen molar-refractivity contribution in [3.8, 4) is 5.75 Å². The molecule has 1 aliphatic carbocycles. The highest BCUT2D eigenvalue weighted by atomic mass is 35.5. The van der Waals surface area contributed by atoms with Crippen LogP contribution in [0.15, 0.2) is 23.4 Å². The van der Waals surface area contributed by atoms with Gasteiger partial charge in [-0.3, -0.25) is 9.59 Å². The topological polar surface area (TPSA) is 107 Å². The van der Waals surface area contributed by atoms with E-state index in [-0.39, 0.29) is 24.8 Å². The predicted molar refractivity (Wildman–Crippen MR) is 152 cm³/mol. The lowest BCUT2D eigenvalue weighted by Gasteiger charge is -2.35. The summed E-state index contributed by atoms with van der Waals surface area (Å²) in [6.45, 7) is 8.28. The van der Waals surface area contributed by atoms with Crippen molar-refractivity contribution in [2.24, 2.45) is 16.5 Å². The molecule has 3 atom stereocenters. The smallest absolute Gasteiger partial charge is 0.328 e. The zero-order valence-electron chi connectivity index (χ0n) is 24.3. The maximum Gasteiger partial charge on any atom is 0.328 e. The fraction of sp³-hybridized carbons (Fsp3) is 0.667. The maximum atomic E-state index is 14.1. The Morgan fingerprint density at radius 1 is 1.23 bits per heavy atom. The summed E-state index contributed by atoms with van der Waals surface area (Å²) in [5.41, 5.74) is -0.000493. The molecule has 2 amide bonds. The number of hydrogen-bond acceptors (Lipinski definition) is 7. The Morgan fingerprint density at radius 3 is 2.58 bits per heavy atom. The predicted octanol–water partition coefficient (Wildman–Crippen LogP) is 4.88. The van der Waals surface area contributed by atoms with Crippen molar-refractivity contribution in [2.75, 3.05) is 20.3 Å². The summed E-state index contributed by atoms with van der Waals surface area (Å²) >= 11 is 6.40. The molecule has 0 radical (unpaired) electrons. The first kappa shape index (κ1) is 30.2. The van der Waals surface area contributed by atoms with Crippen molar-refractivity contribution in [1.29, 1.82) is 0 Å². The lowest BCUT2D eigenvalue weighted by Crippen LogP contribution is -2.57. The first-order valence-electron chi connectivity index (χ1n) is 14.3. The standard InChI is InChI=1S/C30H42ClN3O6/c1-6-39-24-13-12-20(15-21(24)31)22-16-30(40-33-22)17-23(28(37)38-5)34(18-30)27(36)26(29(2,3)4)32-25(35)14-19-10-8-7-9-11-19/h12-13,15,19,23,26H,6-11,14,16-18H2,1-5H3,(H,32,35)/t23-,26+,30+/m0/s1. The molecule has 1 N–H and O–H groups in total. The third-order valence-electron chi connectivity index (χ3n) is 8.18. The fourth-order valence-electron chi connectivity index (χ4n) is 6.04. The molecule has 2 fully saturated rings. The molecule has 1 aromatic carbocycles. The molecule has 10 heteroatoms. The largest absolute Gasteiger partial charge is 0.492 e. The second-order valence-corrected chi connectivity index (χ2v) is 12.8. The van der Waals surface area contributed by atoms with Crippen LogP contribution in [0.1, 0.15) is 84.6 Å². The number of benzene rings is 1. The Morgan fingerprint density at radius 2 is 1.95 bits per heavy atom. The number of halogens is 1. The molecule has 9 nitrogen and oxygen atoms in total. The molecule has 2 aliphatic heterocycles. The monoisotopic (exact) mass is 575 g/mol. The van der Waals surface area contributed by atoms with Crippen molar-refractivity contribution >= 4 is 35.1 Å². The lowest BCUT2D eigenvalue weighted by atomic mass is 9.84. The third-order valence-corrected chi connectivity index (χ3v) is 8.47. The number of oxime groups is 1. The van der Waals surface area contributed by atoms with Gasteiger partial charge in [0, 0.05) is 24.8 Å². The summed E-state index contributed by atoms with van der Waals surface area (Å²) in [4.78, 5) is 47.5. The molecule has 0 bridgehead atoms. The SMILES string of the molecule is CCOc1ccc(C2=NO[C@]3(C2)C[C@@H](C(=O)OC)N(C(=O)[C@@H](NC(=O)CC2CCCCC2)C(C)(C)C)C3)cc1Cl. The van der Waals surface area contributed by atoms with Crippen molar-refractivity contribution in [2.45, 2.75) is 96.7 Å². The van der Waals surface area contributed by atoms with E-state index in [4.69, 9.17) is 25.9 Å². The van der Waals surface area contributed by atoms with E-state index in [1.807, 2.05) is 33.8 Å². The molecule has 4 rings (SSSR count). The number of methoxy groups -OCH3 is 1. The number of likely N-dealkylation sites (tertiary alicyclic amines) is 1. The van der Waals surface area contributed by atoms with Crippen LogP contribution in [0.4, 0.5) is 0 Å². The van der Waals surface area contributed by atoms with Crippen molar-refractivity contribution in [3.05, 3.63) is 28.8 Å². The van der Waals surface area contributed by atoms with Crippen LogP contribution in [-0.2, 0) is 24.0 Å². The van der Waals surface area contributed by atoms with E-state index < -0.39 is 29.1 Å². The van der Waals surface area contributed by atoms with Crippen molar-refractivity contribution in [1.82, 2.24) is 10.2 Å². The molecule has 1 saturated heterocycles. The number of amides is 2. The van der Waals surface area contributed by atoms with Gasteiger partial charge in [-0.15, -0.1) is 0 Å². The van der Waals surface area contributed by atoms with E-state index in [0.717, 1.165) is 31.2 Å². The van der Waals surface area contributed by atoms with Gasteiger partial charge in [-0.05, 0) is 49.3 Å². The minimum atomic E-state index is -0.885. The van der Waals surface area contributed by atoms with Gasteiger partial charge in [-0.2, -0.15) is 0 Å². The number of carbonyl (C=O) groups excluding carboxylic acids is 3. The molecule has 1 saturated carbocycles. The van der Waals surface area contributed by atoms with Crippen molar-refractivity contribution < 1.29 is 28.7 Å². The van der Waals surface area contributed by atoms with Gasteiger partial charge < -0.3 is 24.5 Å². The van der Waals surface area contributed by atoms with Crippen LogP contribution in [0.5, 0.6) is 5.75 Å². The van der Waals surface area contributed by atoms with E-state index in [1.165, 1.54) is 18.4 Å². The van der Waals surface area contributed by atoms with Crippen molar-refractivity contribution in [3.63, 3.8) is 0 Å². The summed E-state index contributed by atoms with van der Waals surface area (Å²) in [5, 5.41) is 7.82. The Kier molecular flexibility index (Phi) is 9.33. The van der Waals surface area contributed by atoms with E-state index in [1.54, 1.807) is 12.1 Å². The van der Waals surface area contributed by atoms with Crippen LogP contribution < -0.4 is 10.1 Å².